The van der Waals surface area contributed by atoms with E-state index in [0.717, 1.165) is 35.5 Å². The zero-order chi connectivity index (χ0) is 22.1. The van der Waals surface area contributed by atoms with Gasteiger partial charge >= 0.3 is 0 Å². The normalized spacial score (nSPS) is 17.2. The number of piperidine rings is 1. The molecular formula is C26H31N3O2. The van der Waals surface area contributed by atoms with E-state index in [2.05, 4.69) is 22.3 Å². The first-order valence-corrected chi connectivity index (χ1v) is 11.2. The second-order valence-electron chi connectivity index (χ2n) is 8.84. The molecule has 5 nitrogen and oxygen atoms in total. The molecular weight excluding hydrogens is 386 g/mol. The van der Waals surface area contributed by atoms with Gasteiger partial charge < -0.3 is 10.2 Å². The van der Waals surface area contributed by atoms with Gasteiger partial charge in [-0.05, 0) is 87.9 Å². The fourth-order valence-electron chi connectivity index (χ4n) is 4.35. The Balaban J connectivity index is 1.68. The number of hydrogen-bond donors (Lipinski definition) is 1. The molecule has 2 amide bonds. The zero-order valence-corrected chi connectivity index (χ0v) is 18.9. The lowest BCUT2D eigenvalue weighted by molar-refractivity contribution is -0.138. The molecule has 0 aromatic heterocycles. The molecule has 0 bridgehead atoms. The smallest absolute Gasteiger partial charge is 0.278 e. The molecule has 0 saturated carbocycles. The largest absolute Gasteiger partial charge is 0.372 e. The van der Waals surface area contributed by atoms with E-state index in [1.54, 1.807) is 0 Å². The van der Waals surface area contributed by atoms with Crippen LogP contribution in [0.4, 0.5) is 11.4 Å². The topological polar surface area (TPSA) is 52.7 Å². The Morgan fingerprint density at radius 2 is 1.52 bits per heavy atom. The minimum Gasteiger partial charge on any atom is -0.372 e. The fraction of sp³-hybridized carbons (Fsp3) is 0.385. The summed E-state index contributed by atoms with van der Waals surface area (Å²) in [5.41, 5.74) is 5.84. The van der Waals surface area contributed by atoms with E-state index < -0.39 is 0 Å². The van der Waals surface area contributed by atoms with Crippen molar-refractivity contribution in [2.24, 2.45) is 0 Å². The number of rotatable bonds is 5. The highest BCUT2D eigenvalue weighted by Crippen LogP contribution is 2.33. The molecule has 1 saturated heterocycles. The highest BCUT2D eigenvalue weighted by molar-refractivity contribution is 6.36. The number of carbonyl (C=O) groups is 2. The van der Waals surface area contributed by atoms with Gasteiger partial charge in [-0.1, -0.05) is 18.2 Å². The Kier molecular flexibility index (Phi) is 5.86. The number of nitrogens with one attached hydrogen (secondary N) is 1. The van der Waals surface area contributed by atoms with E-state index in [9.17, 15) is 9.59 Å². The average molecular weight is 418 g/mol. The molecule has 0 aliphatic carbocycles. The van der Waals surface area contributed by atoms with Gasteiger partial charge in [-0.25, -0.2) is 0 Å². The van der Waals surface area contributed by atoms with Crippen molar-refractivity contribution < 1.29 is 9.59 Å². The molecule has 2 aliphatic rings. The number of carbonyl (C=O) groups excluding carboxylic acids is 2. The third kappa shape index (κ3) is 4.09. The summed E-state index contributed by atoms with van der Waals surface area (Å²) in [7, 11) is 0. The summed E-state index contributed by atoms with van der Waals surface area (Å²) in [6.45, 7) is 9.97. The van der Waals surface area contributed by atoms with Gasteiger partial charge in [-0.2, -0.15) is 0 Å². The molecule has 2 aromatic carbocycles. The monoisotopic (exact) mass is 417 g/mol. The molecule has 0 radical (unpaired) electrons. The lowest BCUT2D eigenvalue weighted by Crippen LogP contribution is -2.38. The van der Waals surface area contributed by atoms with Crippen LogP contribution in [0.25, 0.3) is 5.57 Å². The van der Waals surface area contributed by atoms with E-state index in [-0.39, 0.29) is 17.9 Å². The Bertz CT molecular complexity index is 1030. The summed E-state index contributed by atoms with van der Waals surface area (Å²) in [4.78, 5) is 30.1. The van der Waals surface area contributed by atoms with Crippen molar-refractivity contribution in [3.05, 3.63) is 64.9 Å². The first-order valence-electron chi connectivity index (χ1n) is 11.2. The number of hydrogen-bond acceptors (Lipinski definition) is 4. The first kappa shape index (κ1) is 21.2. The van der Waals surface area contributed by atoms with Crippen LogP contribution in [0.15, 0.2) is 48.2 Å². The van der Waals surface area contributed by atoms with Crippen molar-refractivity contribution in [2.75, 3.05) is 23.3 Å². The van der Waals surface area contributed by atoms with Gasteiger partial charge in [0.25, 0.3) is 11.8 Å². The molecule has 0 unspecified atom stereocenters. The Labute approximate surface area is 184 Å². The number of anilines is 2. The van der Waals surface area contributed by atoms with Crippen LogP contribution in [0.3, 0.4) is 0 Å². The number of imide groups is 1. The van der Waals surface area contributed by atoms with Gasteiger partial charge in [-0.3, -0.25) is 14.5 Å². The minimum absolute atomic E-state index is 0.206. The molecule has 4 rings (SSSR count). The molecule has 1 N–H and O–H groups in total. The lowest BCUT2D eigenvalue weighted by atomic mass is 9.99. The van der Waals surface area contributed by atoms with Gasteiger partial charge in [0.2, 0.25) is 0 Å². The predicted octanol–water partition coefficient (Wildman–Crippen LogP) is 4.89. The maximum Gasteiger partial charge on any atom is 0.278 e. The van der Waals surface area contributed by atoms with Crippen molar-refractivity contribution >= 4 is 28.8 Å². The lowest BCUT2D eigenvalue weighted by Gasteiger charge is -2.28. The van der Waals surface area contributed by atoms with Crippen LogP contribution in [-0.2, 0) is 9.59 Å². The van der Waals surface area contributed by atoms with Crippen molar-refractivity contribution in [3.8, 4) is 0 Å². The van der Waals surface area contributed by atoms with E-state index in [1.165, 1.54) is 29.8 Å². The van der Waals surface area contributed by atoms with Crippen LogP contribution < -0.4 is 10.2 Å². The first-order chi connectivity index (χ1) is 14.9. The number of benzene rings is 2. The maximum atomic E-state index is 13.2. The number of nitrogens with zero attached hydrogens (tertiary/aromatic N) is 2. The van der Waals surface area contributed by atoms with Crippen LogP contribution in [-0.4, -0.2) is 35.8 Å². The zero-order valence-electron chi connectivity index (χ0n) is 18.9. The van der Waals surface area contributed by atoms with Gasteiger partial charge in [-0.15, -0.1) is 0 Å². The second-order valence-corrected chi connectivity index (χ2v) is 8.84. The van der Waals surface area contributed by atoms with Crippen molar-refractivity contribution in [1.82, 2.24) is 4.90 Å². The molecule has 0 spiro atoms. The van der Waals surface area contributed by atoms with Crippen molar-refractivity contribution in [3.63, 3.8) is 0 Å². The highest BCUT2D eigenvalue weighted by Gasteiger charge is 2.40. The Morgan fingerprint density at radius 1 is 0.839 bits per heavy atom. The Morgan fingerprint density at radius 3 is 2.13 bits per heavy atom. The van der Waals surface area contributed by atoms with Crippen molar-refractivity contribution in [1.29, 1.82) is 0 Å². The quantitative estimate of drug-likeness (QED) is 0.704. The third-order valence-corrected chi connectivity index (χ3v) is 6.29. The van der Waals surface area contributed by atoms with Crippen LogP contribution in [0.5, 0.6) is 0 Å². The minimum atomic E-state index is -0.270. The number of aryl methyl sites for hydroxylation is 2. The maximum absolute atomic E-state index is 13.2. The van der Waals surface area contributed by atoms with Crippen molar-refractivity contribution in [2.45, 2.75) is 53.0 Å². The summed E-state index contributed by atoms with van der Waals surface area (Å²) in [5.74, 6) is -0.510. The van der Waals surface area contributed by atoms with Crippen LogP contribution in [0, 0.1) is 13.8 Å². The predicted molar refractivity (Wildman–Crippen MR) is 126 cm³/mol. The molecule has 0 atom stereocenters. The van der Waals surface area contributed by atoms with Gasteiger partial charge in [0.15, 0.2) is 0 Å². The van der Waals surface area contributed by atoms with Crippen LogP contribution >= 0.6 is 0 Å². The SMILES string of the molecule is Cc1ccc(C2=C(Nc3ccc(N4CCCCC4)cc3)C(=O)N(C(C)C)C2=O)cc1C. The summed E-state index contributed by atoms with van der Waals surface area (Å²) in [6, 6.07) is 13.9. The van der Waals surface area contributed by atoms with Crippen LogP contribution in [0.2, 0.25) is 0 Å². The molecule has 31 heavy (non-hydrogen) atoms. The molecule has 5 heteroatoms. The molecule has 162 valence electrons. The van der Waals surface area contributed by atoms with E-state index in [4.69, 9.17) is 0 Å². The third-order valence-electron chi connectivity index (χ3n) is 6.29. The number of amides is 2. The van der Waals surface area contributed by atoms with E-state index in [1.807, 2.05) is 58.0 Å². The highest BCUT2D eigenvalue weighted by atomic mass is 16.2. The summed E-state index contributed by atoms with van der Waals surface area (Å²) in [6.07, 6.45) is 3.76. The second kappa shape index (κ2) is 8.58. The molecule has 2 heterocycles. The average Bonchev–Trinajstić information content (AvgIpc) is 3.01. The summed E-state index contributed by atoms with van der Waals surface area (Å²) >= 11 is 0. The van der Waals surface area contributed by atoms with Gasteiger partial charge in [0, 0.05) is 30.5 Å². The van der Waals surface area contributed by atoms with Gasteiger partial charge in [0.05, 0.1) is 5.57 Å². The molecule has 2 aromatic rings. The van der Waals surface area contributed by atoms with Crippen LogP contribution in [0.1, 0.15) is 49.8 Å². The van der Waals surface area contributed by atoms with Gasteiger partial charge in [0.1, 0.15) is 5.70 Å². The Hall–Kier alpha value is -3.08. The molecule has 1 fully saturated rings. The fourth-order valence-corrected chi connectivity index (χ4v) is 4.35. The van der Waals surface area contributed by atoms with E-state index in [0.29, 0.717) is 11.3 Å². The molecule has 2 aliphatic heterocycles. The summed E-state index contributed by atoms with van der Waals surface area (Å²) in [5, 5.41) is 3.27. The standard InChI is InChI=1S/C26H31N3O2/c1-17(2)29-25(30)23(20-9-8-18(3)19(4)16-20)24(26(29)31)27-21-10-12-22(13-11-21)28-14-6-5-7-15-28/h8-13,16-17,27H,5-7,14-15H2,1-4H3. The summed E-state index contributed by atoms with van der Waals surface area (Å²) < 4.78 is 0. The van der Waals surface area contributed by atoms with E-state index >= 15 is 0 Å².